The number of alkyl halides is 1. The summed E-state index contributed by atoms with van der Waals surface area (Å²) in [6.07, 6.45) is 0. The topological polar surface area (TPSA) is 52.3 Å². The molecule has 2 atom stereocenters. The lowest BCUT2D eigenvalue weighted by molar-refractivity contribution is -0.146. The first-order chi connectivity index (χ1) is 4.95. The van der Waals surface area contributed by atoms with Gasteiger partial charge in [0.1, 0.15) is 10.2 Å². The molecule has 0 bridgehead atoms. The number of hydrogen-bond acceptors (Lipinski definition) is 3. The maximum atomic E-state index is 11.0. The van der Waals surface area contributed by atoms with E-state index in [0.29, 0.717) is 0 Å². The molecule has 0 spiro atoms. The lowest BCUT2D eigenvalue weighted by Crippen LogP contribution is -2.37. The molecule has 0 radical (unpaired) electrons. The average molecular weight is 271 g/mol. The number of nitrogens with two attached hydrogens (primary N) is 1. The minimum absolute atomic E-state index is 0.107. The minimum Gasteiger partial charge on any atom is -0.451 e. The van der Waals surface area contributed by atoms with E-state index in [4.69, 9.17) is 10.5 Å². The van der Waals surface area contributed by atoms with Gasteiger partial charge in [-0.15, -0.1) is 0 Å². The van der Waals surface area contributed by atoms with Crippen LogP contribution in [0.15, 0.2) is 0 Å². The molecule has 4 heteroatoms. The van der Waals surface area contributed by atoms with Gasteiger partial charge in [-0.25, -0.2) is 0 Å². The van der Waals surface area contributed by atoms with Crippen molar-refractivity contribution < 1.29 is 9.53 Å². The number of halogens is 1. The van der Waals surface area contributed by atoms with Gasteiger partial charge < -0.3 is 10.5 Å². The lowest BCUT2D eigenvalue weighted by atomic mass is 10.1. The highest BCUT2D eigenvalue weighted by molar-refractivity contribution is 14.1. The number of rotatable bonds is 3. The summed E-state index contributed by atoms with van der Waals surface area (Å²) >= 11 is 2.02. The highest BCUT2D eigenvalue weighted by atomic mass is 127. The van der Waals surface area contributed by atoms with Crippen molar-refractivity contribution in [1.29, 1.82) is 0 Å². The molecule has 0 aromatic heterocycles. The number of esters is 1. The summed E-state index contributed by atoms with van der Waals surface area (Å²) in [6, 6.07) is -0.493. The molecule has 0 heterocycles. The molecule has 3 nitrogen and oxygen atoms in total. The zero-order valence-electron chi connectivity index (χ0n) is 7.00. The maximum absolute atomic E-state index is 11.0. The SMILES string of the molecule is CC(I)OC(=O)C(N)C(C)C. The second-order valence-corrected chi connectivity index (χ2v) is 4.50. The van der Waals surface area contributed by atoms with E-state index in [9.17, 15) is 4.79 Å². The summed E-state index contributed by atoms with van der Waals surface area (Å²) in [5.41, 5.74) is 5.53. The van der Waals surface area contributed by atoms with Gasteiger partial charge in [0.05, 0.1) is 0 Å². The third-order valence-corrected chi connectivity index (χ3v) is 1.52. The summed E-state index contributed by atoms with van der Waals surface area (Å²) in [4.78, 5) is 11.0. The minimum atomic E-state index is -0.493. The van der Waals surface area contributed by atoms with Crippen LogP contribution in [0.3, 0.4) is 0 Å². The van der Waals surface area contributed by atoms with Gasteiger partial charge in [0.2, 0.25) is 0 Å². The van der Waals surface area contributed by atoms with Gasteiger partial charge in [-0.2, -0.15) is 0 Å². The standard InChI is InChI=1S/C7H14INO2/c1-4(2)6(9)7(10)11-5(3)8/h4-6H,9H2,1-3H3. The summed E-state index contributed by atoms with van der Waals surface area (Å²) < 4.78 is 4.79. The lowest BCUT2D eigenvalue weighted by Gasteiger charge is -2.15. The molecule has 0 aliphatic carbocycles. The molecule has 0 saturated heterocycles. The van der Waals surface area contributed by atoms with Gasteiger partial charge in [0, 0.05) is 0 Å². The van der Waals surface area contributed by atoms with Gasteiger partial charge in [0.25, 0.3) is 0 Å². The van der Waals surface area contributed by atoms with E-state index < -0.39 is 6.04 Å². The van der Waals surface area contributed by atoms with Crippen molar-refractivity contribution in [1.82, 2.24) is 0 Å². The molecule has 66 valence electrons. The first-order valence-corrected chi connectivity index (χ1v) is 4.80. The van der Waals surface area contributed by atoms with Crippen molar-refractivity contribution in [3.63, 3.8) is 0 Å². The first-order valence-electron chi connectivity index (χ1n) is 3.55. The zero-order valence-corrected chi connectivity index (χ0v) is 9.16. The highest BCUT2D eigenvalue weighted by Gasteiger charge is 2.19. The van der Waals surface area contributed by atoms with E-state index in [1.165, 1.54) is 0 Å². The van der Waals surface area contributed by atoms with Crippen LogP contribution in [0.1, 0.15) is 20.8 Å². The van der Waals surface area contributed by atoms with Crippen molar-refractivity contribution in [3.8, 4) is 0 Å². The Kier molecular flexibility index (Phi) is 4.99. The van der Waals surface area contributed by atoms with Crippen molar-refractivity contribution in [2.24, 2.45) is 11.7 Å². The monoisotopic (exact) mass is 271 g/mol. The van der Waals surface area contributed by atoms with Gasteiger partial charge in [-0.1, -0.05) is 13.8 Å². The predicted octanol–water partition coefficient (Wildman–Crippen LogP) is 1.29. The Morgan fingerprint density at radius 3 is 2.18 bits per heavy atom. The number of carbonyl (C=O) groups excluding carboxylic acids is 1. The van der Waals surface area contributed by atoms with Crippen molar-refractivity contribution in [2.45, 2.75) is 30.9 Å². The fraction of sp³-hybridized carbons (Fsp3) is 0.857. The van der Waals surface area contributed by atoms with Crippen molar-refractivity contribution >= 4 is 28.6 Å². The molecule has 0 rings (SSSR count). The van der Waals surface area contributed by atoms with Crippen LogP contribution >= 0.6 is 22.6 Å². The van der Waals surface area contributed by atoms with E-state index >= 15 is 0 Å². The van der Waals surface area contributed by atoms with Crippen LogP contribution in [-0.2, 0) is 9.53 Å². The van der Waals surface area contributed by atoms with E-state index in [2.05, 4.69) is 0 Å². The highest BCUT2D eigenvalue weighted by Crippen LogP contribution is 2.06. The molecule has 2 unspecified atom stereocenters. The Morgan fingerprint density at radius 2 is 1.91 bits per heavy atom. The smallest absolute Gasteiger partial charge is 0.324 e. The van der Waals surface area contributed by atoms with E-state index in [0.717, 1.165) is 0 Å². The molecular formula is C7H14INO2. The average Bonchev–Trinajstić information content (AvgIpc) is 1.84. The molecule has 0 amide bonds. The van der Waals surface area contributed by atoms with Gasteiger partial charge in [-0.3, -0.25) is 4.79 Å². The van der Waals surface area contributed by atoms with E-state index in [-0.39, 0.29) is 16.0 Å². The first kappa shape index (κ1) is 11.2. The fourth-order valence-electron chi connectivity index (χ4n) is 0.511. The number of hydrogen-bond donors (Lipinski definition) is 1. The van der Waals surface area contributed by atoms with Crippen LogP contribution in [-0.4, -0.2) is 16.1 Å². The Hall–Kier alpha value is 0.160. The summed E-state index contributed by atoms with van der Waals surface area (Å²) in [5.74, 6) is -0.181. The van der Waals surface area contributed by atoms with Gasteiger partial charge >= 0.3 is 5.97 Å². The van der Waals surface area contributed by atoms with E-state index in [1.807, 2.05) is 36.4 Å². The van der Waals surface area contributed by atoms with Gasteiger partial charge in [0.15, 0.2) is 0 Å². The molecule has 2 N–H and O–H groups in total. The molecular weight excluding hydrogens is 257 g/mol. The Labute approximate surface area is 80.8 Å². The molecule has 0 aromatic rings. The molecule has 0 aromatic carbocycles. The summed E-state index contributed by atoms with van der Waals surface area (Å²) in [6.45, 7) is 5.58. The van der Waals surface area contributed by atoms with Crippen molar-refractivity contribution in [3.05, 3.63) is 0 Å². The molecule has 0 fully saturated rings. The number of ether oxygens (including phenoxy) is 1. The van der Waals surface area contributed by atoms with Crippen LogP contribution < -0.4 is 5.73 Å². The normalized spacial score (nSPS) is 16.2. The summed E-state index contributed by atoms with van der Waals surface area (Å²) in [5, 5.41) is 0. The molecule has 11 heavy (non-hydrogen) atoms. The largest absolute Gasteiger partial charge is 0.451 e. The van der Waals surface area contributed by atoms with Crippen LogP contribution in [0.5, 0.6) is 0 Å². The second kappa shape index (κ2) is 4.92. The second-order valence-electron chi connectivity index (χ2n) is 2.75. The maximum Gasteiger partial charge on any atom is 0.324 e. The van der Waals surface area contributed by atoms with Gasteiger partial charge in [-0.05, 0) is 35.4 Å². The predicted molar refractivity (Wildman–Crippen MR) is 52.4 cm³/mol. The van der Waals surface area contributed by atoms with Crippen molar-refractivity contribution in [2.75, 3.05) is 0 Å². The van der Waals surface area contributed by atoms with E-state index in [1.54, 1.807) is 6.92 Å². The quantitative estimate of drug-likeness (QED) is 0.478. The van der Waals surface area contributed by atoms with Crippen LogP contribution in [0.4, 0.5) is 0 Å². The van der Waals surface area contributed by atoms with Crippen LogP contribution in [0.2, 0.25) is 0 Å². The third-order valence-electron chi connectivity index (χ3n) is 1.27. The molecule has 0 aliphatic heterocycles. The van der Waals surface area contributed by atoms with Crippen LogP contribution in [0.25, 0.3) is 0 Å². The molecule has 0 aliphatic rings. The Balaban J connectivity index is 3.83. The Morgan fingerprint density at radius 1 is 1.45 bits per heavy atom. The summed E-state index contributed by atoms with van der Waals surface area (Å²) in [7, 11) is 0. The Bertz CT molecular complexity index is 136. The van der Waals surface area contributed by atoms with Crippen LogP contribution in [0, 0.1) is 5.92 Å². The fourth-order valence-corrected chi connectivity index (χ4v) is 0.761. The zero-order chi connectivity index (χ0) is 9.02. The number of carbonyl (C=O) groups is 1. The molecule has 0 saturated carbocycles. The third kappa shape index (κ3) is 4.58.